The molecule has 0 bridgehead atoms. The van der Waals surface area contributed by atoms with Gasteiger partial charge in [-0.2, -0.15) is 0 Å². The molecule has 1 aromatic carbocycles. The summed E-state index contributed by atoms with van der Waals surface area (Å²) >= 11 is 0. The molecule has 6 heteroatoms. The maximum atomic E-state index is 13.3. The third kappa shape index (κ3) is 4.92. The Kier molecular flexibility index (Phi) is 5.85. The molecule has 0 aliphatic carbocycles. The number of carbonyl (C=O) groups excluding carboxylic acids is 1. The van der Waals surface area contributed by atoms with E-state index in [0.29, 0.717) is 0 Å². The molecule has 0 radical (unpaired) electrons. The summed E-state index contributed by atoms with van der Waals surface area (Å²) in [7, 11) is 0. The van der Waals surface area contributed by atoms with E-state index >= 15 is 0 Å². The highest BCUT2D eigenvalue weighted by Gasteiger charge is 2.13. The van der Waals surface area contributed by atoms with Gasteiger partial charge in [0.2, 0.25) is 5.91 Å². The molecule has 0 aliphatic rings. The lowest BCUT2D eigenvalue weighted by molar-refractivity contribution is -0.115. The van der Waals surface area contributed by atoms with Crippen molar-refractivity contribution in [2.45, 2.75) is 20.0 Å². The van der Waals surface area contributed by atoms with Gasteiger partial charge in [-0.3, -0.25) is 4.79 Å². The van der Waals surface area contributed by atoms with Gasteiger partial charge in [-0.05, 0) is 18.1 Å². The van der Waals surface area contributed by atoms with E-state index < -0.39 is 29.3 Å². The number of hydrogen-bond donors (Lipinski definition) is 3. The molecule has 1 unspecified atom stereocenters. The predicted molar refractivity (Wildman–Crippen MR) is 68.7 cm³/mol. The van der Waals surface area contributed by atoms with E-state index in [0.717, 1.165) is 12.1 Å². The highest BCUT2D eigenvalue weighted by Crippen LogP contribution is 2.17. The van der Waals surface area contributed by atoms with E-state index in [1.165, 1.54) is 6.07 Å². The van der Waals surface area contributed by atoms with Crippen LogP contribution < -0.4 is 10.6 Å². The Morgan fingerprint density at radius 1 is 1.32 bits per heavy atom. The standard InChI is InChI=1S/C13H18F2N2O2/c1-8(2)11(18)6-16-7-12(19)17-13-9(14)4-3-5-10(13)15/h3-5,8,11,16,18H,6-7H2,1-2H3,(H,17,19). The molecule has 1 amide bonds. The lowest BCUT2D eigenvalue weighted by Crippen LogP contribution is -2.36. The van der Waals surface area contributed by atoms with Gasteiger partial charge in [-0.1, -0.05) is 19.9 Å². The van der Waals surface area contributed by atoms with E-state index in [1.54, 1.807) is 0 Å². The van der Waals surface area contributed by atoms with Gasteiger partial charge < -0.3 is 15.7 Å². The third-order valence-corrected chi connectivity index (χ3v) is 2.64. The number of benzene rings is 1. The SMILES string of the molecule is CC(C)C(O)CNCC(=O)Nc1c(F)cccc1F. The van der Waals surface area contributed by atoms with Gasteiger partial charge in [0.15, 0.2) is 0 Å². The van der Waals surface area contributed by atoms with E-state index in [2.05, 4.69) is 10.6 Å². The molecule has 0 aromatic heterocycles. The Hall–Kier alpha value is -1.53. The molecule has 1 aromatic rings. The number of aliphatic hydroxyl groups excluding tert-OH is 1. The minimum atomic E-state index is -0.824. The van der Waals surface area contributed by atoms with Crippen LogP contribution in [0.2, 0.25) is 0 Å². The monoisotopic (exact) mass is 272 g/mol. The number of carbonyl (C=O) groups is 1. The molecular weight excluding hydrogens is 254 g/mol. The van der Waals surface area contributed by atoms with Gasteiger partial charge in [-0.15, -0.1) is 0 Å². The first-order chi connectivity index (χ1) is 8.91. The summed E-state index contributed by atoms with van der Waals surface area (Å²) in [5.41, 5.74) is -0.460. The molecule has 3 N–H and O–H groups in total. The fraction of sp³-hybridized carbons (Fsp3) is 0.462. The van der Waals surface area contributed by atoms with Crippen LogP contribution in [0, 0.1) is 17.6 Å². The van der Waals surface area contributed by atoms with Gasteiger partial charge in [-0.25, -0.2) is 8.78 Å². The number of amides is 1. The van der Waals surface area contributed by atoms with E-state index in [4.69, 9.17) is 0 Å². The van der Waals surface area contributed by atoms with Crippen molar-refractivity contribution in [2.75, 3.05) is 18.4 Å². The second-order valence-electron chi connectivity index (χ2n) is 4.59. The summed E-state index contributed by atoms with van der Waals surface area (Å²) in [5, 5.41) is 14.4. The molecular formula is C13H18F2N2O2. The molecule has 19 heavy (non-hydrogen) atoms. The molecule has 0 saturated heterocycles. The van der Waals surface area contributed by atoms with E-state index in [9.17, 15) is 18.7 Å². The van der Waals surface area contributed by atoms with Crippen LogP contribution in [-0.2, 0) is 4.79 Å². The van der Waals surface area contributed by atoms with E-state index in [1.807, 2.05) is 13.8 Å². The van der Waals surface area contributed by atoms with Crippen molar-refractivity contribution in [3.05, 3.63) is 29.8 Å². The van der Waals surface area contributed by atoms with Crippen molar-refractivity contribution >= 4 is 11.6 Å². The van der Waals surface area contributed by atoms with Crippen LogP contribution in [0.1, 0.15) is 13.8 Å². The largest absolute Gasteiger partial charge is 0.392 e. The maximum Gasteiger partial charge on any atom is 0.238 e. The smallest absolute Gasteiger partial charge is 0.238 e. The molecule has 0 heterocycles. The second-order valence-corrected chi connectivity index (χ2v) is 4.59. The van der Waals surface area contributed by atoms with Crippen LogP contribution in [-0.4, -0.2) is 30.2 Å². The Balaban J connectivity index is 2.44. The average Bonchev–Trinajstić information content (AvgIpc) is 2.33. The highest BCUT2D eigenvalue weighted by atomic mass is 19.1. The Morgan fingerprint density at radius 3 is 2.42 bits per heavy atom. The first kappa shape index (κ1) is 15.5. The van der Waals surface area contributed by atoms with Crippen molar-refractivity contribution in [2.24, 2.45) is 5.92 Å². The van der Waals surface area contributed by atoms with E-state index in [-0.39, 0.29) is 19.0 Å². The molecule has 1 atom stereocenters. The number of nitrogens with one attached hydrogen (secondary N) is 2. The number of anilines is 1. The Labute approximate surface area is 110 Å². The first-order valence-electron chi connectivity index (χ1n) is 6.04. The first-order valence-corrected chi connectivity index (χ1v) is 6.04. The van der Waals surface area contributed by atoms with Crippen molar-refractivity contribution in [1.82, 2.24) is 5.32 Å². The Morgan fingerprint density at radius 2 is 1.89 bits per heavy atom. The molecule has 0 fully saturated rings. The fourth-order valence-electron chi connectivity index (χ4n) is 1.37. The minimum absolute atomic E-state index is 0.0690. The van der Waals surface area contributed by atoms with Crippen LogP contribution >= 0.6 is 0 Å². The molecule has 0 saturated carbocycles. The van der Waals surface area contributed by atoms with Crippen molar-refractivity contribution in [1.29, 1.82) is 0 Å². The maximum absolute atomic E-state index is 13.3. The quantitative estimate of drug-likeness (QED) is 0.735. The van der Waals surface area contributed by atoms with Crippen molar-refractivity contribution in [3.8, 4) is 0 Å². The summed E-state index contributed by atoms with van der Waals surface area (Å²) < 4.78 is 26.5. The summed E-state index contributed by atoms with van der Waals surface area (Å²) in [6, 6.07) is 3.35. The van der Waals surface area contributed by atoms with Crippen LogP contribution in [0.25, 0.3) is 0 Å². The van der Waals surface area contributed by atoms with Gasteiger partial charge >= 0.3 is 0 Å². The molecule has 4 nitrogen and oxygen atoms in total. The summed E-state index contributed by atoms with van der Waals surface area (Å²) in [6.45, 7) is 3.81. The highest BCUT2D eigenvalue weighted by molar-refractivity contribution is 5.92. The molecule has 106 valence electrons. The van der Waals surface area contributed by atoms with Crippen LogP contribution in [0.15, 0.2) is 18.2 Å². The lowest BCUT2D eigenvalue weighted by Gasteiger charge is -2.15. The number of hydrogen-bond acceptors (Lipinski definition) is 3. The number of aliphatic hydroxyl groups is 1. The second kappa shape index (κ2) is 7.16. The van der Waals surface area contributed by atoms with Gasteiger partial charge in [0.25, 0.3) is 0 Å². The minimum Gasteiger partial charge on any atom is -0.392 e. The zero-order chi connectivity index (χ0) is 14.4. The van der Waals surface area contributed by atoms with Crippen LogP contribution in [0.4, 0.5) is 14.5 Å². The molecule has 0 aliphatic heterocycles. The third-order valence-electron chi connectivity index (χ3n) is 2.64. The summed E-state index contributed by atoms with van der Waals surface area (Å²) in [5.74, 6) is -2.15. The van der Waals surface area contributed by atoms with Crippen LogP contribution in [0.5, 0.6) is 0 Å². The fourth-order valence-corrected chi connectivity index (χ4v) is 1.37. The van der Waals surface area contributed by atoms with Crippen molar-refractivity contribution < 1.29 is 18.7 Å². The zero-order valence-electron chi connectivity index (χ0n) is 10.9. The van der Waals surface area contributed by atoms with Crippen molar-refractivity contribution in [3.63, 3.8) is 0 Å². The van der Waals surface area contributed by atoms with Gasteiger partial charge in [0, 0.05) is 6.54 Å². The lowest BCUT2D eigenvalue weighted by atomic mass is 10.1. The number of halogens is 2. The topological polar surface area (TPSA) is 61.4 Å². The average molecular weight is 272 g/mol. The molecule has 1 rings (SSSR count). The molecule has 0 spiro atoms. The summed E-state index contributed by atoms with van der Waals surface area (Å²) in [6.07, 6.45) is -0.571. The van der Waals surface area contributed by atoms with Crippen LogP contribution in [0.3, 0.4) is 0 Å². The summed E-state index contributed by atoms with van der Waals surface area (Å²) in [4.78, 5) is 11.5. The van der Waals surface area contributed by atoms with Gasteiger partial charge in [0.05, 0.1) is 12.6 Å². The zero-order valence-corrected chi connectivity index (χ0v) is 10.9. The number of rotatable bonds is 6. The Bertz CT molecular complexity index is 418. The number of para-hydroxylation sites is 1. The van der Waals surface area contributed by atoms with Gasteiger partial charge in [0.1, 0.15) is 17.3 Å². The predicted octanol–water partition coefficient (Wildman–Crippen LogP) is 1.51. The normalized spacial score (nSPS) is 12.5.